The molecule has 12 nitrogen and oxygen atoms in total. The summed E-state index contributed by atoms with van der Waals surface area (Å²) in [6, 6.07) is -3.29. The van der Waals surface area contributed by atoms with Gasteiger partial charge in [-0.05, 0) is 89.4 Å². The number of Topliss-reactive ketones (excluding diaryl/α,β-unsaturated/α-hetero) is 2. The molecule has 3 aliphatic carbocycles. The maximum absolute atomic E-state index is 14.8. The van der Waals surface area contributed by atoms with Crippen molar-refractivity contribution >= 4 is 39.2 Å². The number of hydrogen-bond donors (Lipinski definition) is 4. The lowest BCUT2D eigenvalue weighted by molar-refractivity contribution is -0.143. The lowest BCUT2D eigenvalue weighted by atomic mass is 9.79. The zero-order chi connectivity index (χ0) is 39.7. The third kappa shape index (κ3) is 11.9. The summed E-state index contributed by atoms with van der Waals surface area (Å²) >= 11 is 0. The minimum Gasteiger partial charge on any atom is -0.344 e. The average Bonchev–Trinajstić information content (AvgIpc) is 3.50. The molecular formula is C41H69N5O7S. The predicted molar refractivity (Wildman–Crippen MR) is 211 cm³/mol. The quantitative estimate of drug-likeness (QED) is 0.0857. The van der Waals surface area contributed by atoms with Crippen LogP contribution >= 0.6 is 0 Å². The molecule has 4 fully saturated rings. The summed E-state index contributed by atoms with van der Waals surface area (Å²) in [7, 11) is -3.56. The monoisotopic (exact) mass is 775 g/mol. The number of carbonyl (C=O) groups excluding carboxylic acids is 5. The van der Waals surface area contributed by atoms with Crippen molar-refractivity contribution in [3.63, 3.8) is 0 Å². The smallest absolute Gasteiger partial charge is 0.315 e. The number of urea groups is 1. The Kier molecular flexibility index (Phi) is 15.8. The Morgan fingerprint density at radius 2 is 1.52 bits per heavy atom. The van der Waals surface area contributed by atoms with Crippen LogP contribution in [-0.2, 0) is 29.0 Å². The van der Waals surface area contributed by atoms with Crippen LogP contribution in [0.3, 0.4) is 0 Å². The van der Waals surface area contributed by atoms with Gasteiger partial charge in [-0.1, -0.05) is 77.7 Å². The van der Waals surface area contributed by atoms with Crippen LogP contribution in [0.2, 0.25) is 0 Å². The Bertz CT molecular complexity index is 1440. The molecule has 1 saturated heterocycles. The molecule has 3 saturated carbocycles. The Labute approximate surface area is 324 Å². The first-order chi connectivity index (χ1) is 25.4. The van der Waals surface area contributed by atoms with Crippen LogP contribution in [-0.4, -0.2) is 96.5 Å². The van der Waals surface area contributed by atoms with E-state index in [9.17, 15) is 32.4 Å². The number of rotatable bonds is 18. The minimum absolute atomic E-state index is 0.0455. The first-order valence-electron chi connectivity index (χ1n) is 20.8. The van der Waals surface area contributed by atoms with E-state index in [4.69, 9.17) is 0 Å². The molecule has 4 atom stereocenters. The number of likely N-dealkylation sites (tertiary alicyclic amines) is 1. The van der Waals surface area contributed by atoms with Gasteiger partial charge >= 0.3 is 6.03 Å². The second-order valence-corrected chi connectivity index (χ2v) is 21.0. The molecule has 4 rings (SSSR count). The summed E-state index contributed by atoms with van der Waals surface area (Å²) in [6.07, 6.45) is 14.2. The minimum atomic E-state index is -3.56. The molecule has 4 aliphatic rings. The molecule has 0 bridgehead atoms. The topological polar surface area (TPSA) is 171 Å². The number of hydrogen-bond acceptors (Lipinski definition) is 8. The van der Waals surface area contributed by atoms with E-state index >= 15 is 0 Å². The third-order valence-electron chi connectivity index (χ3n) is 12.3. The Morgan fingerprint density at radius 1 is 0.870 bits per heavy atom. The molecule has 0 radical (unpaired) electrons. The highest BCUT2D eigenvalue weighted by Crippen LogP contribution is 2.35. The number of ketones is 2. The fourth-order valence-electron chi connectivity index (χ4n) is 8.94. The zero-order valence-corrected chi connectivity index (χ0v) is 34.5. The summed E-state index contributed by atoms with van der Waals surface area (Å²) in [5.74, 6) is -1.69. The maximum atomic E-state index is 14.8. The molecule has 4 N–H and O–H groups in total. The van der Waals surface area contributed by atoms with E-state index in [0.717, 1.165) is 77.0 Å². The van der Waals surface area contributed by atoms with E-state index in [-0.39, 0.29) is 36.0 Å². The first-order valence-corrected chi connectivity index (χ1v) is 22.4. The van der Waals surface area contributed by atoms with Gasteiger partial charge in [0, 0.05) is 13.1 Å². The van der Waals surface area contributed by atoms with Crippen molar-refractivity contribution in [2.24, 2.45) is 23.7 Å². The van der Waals surface area contributed by atoms with Crippen LogP contribution in [0.4, 0.5) is 4.79 Å². The lowest BCUT2D eigenvalue weighted by Crippen LogP contribution is -2.62. The summed E-state index contributed by atoms with van der Waals surface area (Å²) in [6.45, 7) is 13.5. The normalized spacial score (nSPS) is 23.6. The van der Waals surface area contributed by atoms with Gasteiger partial charge in [0.2, 0.25) is 23.4 Å². The third-order valence-corrected chi connectivity index (χ3v) is 15.1. The second-order valence-electron chi connectivity index (χ2n) is 18.2. The fraction of sp³-hybridized carbons (Fsp3) is 0.829. The van der Waals surface area contributed by atoms with Crippen molar-refractivity contribution in [3.8, 4) is 0 Å². The van der Waals surface area contributed by atoms with E-state index < -0.39 is 61.8 Å². The van der Waals surface area contributed by atoms with E-state index in [0.29, 0.717) is 44.7 Å². The van der Waals surface area contributed by atoms with Gasteiger partial charge in [0.1, 0.15) is 12.1 Å². The summed E-state index contributed by atoms with van der Waals surface area (Å²) in [5.41, 5.74) is -0.937. The molecule has 13 heteroatoms. The van der Waals surface area contributed by atoms with Gasteiger partial charge in [-0.2, -0.15) is 0 Å². The molecule has 0 aromatic heterocycles. The van der Waals surface area contributed by atoms with Crippen LogP contribution in [0.1, 0.15) is 137 Å². The Hall–Kier alpha value is -2.80. The van der Waals surface area contributed by atoms with E-state index in [1.54, 1.807) is 31.7 Å². The van der Waals surface area contributed by atoms with Crippen LogP contribution in [0.15, 0.2) is 12.7 Å². The molecule has 1 aliphatic heterocycles. The summed E-state index contributed by atoms with van der Waals surface area (Å²) in [5, 5.41) is 11.9. The number of nitrogens with zero attached hydrogens (tertiary/aromatic N) is 1. The van der Waals surface area contributed by atoms with Gasteiger partial charge < -0.3 is 26.2 Å². The van der Waals surface area contributed by atoms with Crippen molar-refractivity contribution in [2.45, 2.75) is 166 Å². The highest BCUT2D eigenvalue weighted by molar-refractivity contribution is 7.92. The standard InChI is InChI=1S/C41H69N5O7S/c1-7-21-42-25-34(47)36(48)32(23-29-15-14-16-29)43-37(49)33-24-30(22-28(2)3)26-46(33)38(50)35(31-17-10-8-11-18-31)44-39(51)45-41(19-12-9-13-20-41)27-54(52,53)40(4,5)6/h7,28-33,35,42H,1,8-27H2,2-6H3,(H,43,49)(H2,44,45,51)/t30-,32?,33+,35+/m1/s1. The molecule has 306 valence electrons. The zero-order valence-electron chi connectivity index (χ0n) is 33.7. The molecule has 0 spiro atoms. The lowest BCUT2D eigenvalue weighted by Gasteiger charge is -2.40. The molecule has 4 amide bonds. The number of nitrogens with one attached hydrogen (secondary N) is 4. The maximum Gasteiger partial charge on any atom is 0.315 e. The predicted octanol–water partition coefficient (Wildman–Crippen LogP) is 5.00. The van der Waals surface area contributed by atoms with Gasteiger partial charge in [0.25, 0.3) is 0 Å². The van der Waals surface area contributed by atoms with Crippen molar-refractivity contribution in [1.29, 1.82) is 0 Å². The Balaban J connectivity index is 1.58. The molecule has 0 aromatic carbocycles. The van der Waals surface area contributed by atoms with E-state index in [1.165, 1.54) is 0 Å². The van der Waals surface area contributed by atoms with Gasteiger partial charge in [-0.25, -0.2) is 13.2 Å². The first kappa shape index (κ1) is 43.9. The molecular weight excluding hydrogens is 707 g/mol. The second kappa shape index (κ2) is 19.4. The number of sulfone groups is 1. The SMILES string of the molecule is C=CCNCC(=O)C(=O)C(CC1CCC1)NC(=O)[C@@H]1C[C@@H](CC(C)C)CN1C(=O)[C@@H](NC(=O)NC1(CS(=O)(=O)C(C)(C)C)CCCCC1)C1CCCCC1. The van der Waals surface area contributed by atoms with Crippen LogP contribution in [0.5, 0.6) is 0 Å². The molecule has 0 aromatic rings. The average molecular weight is 776 g/mol. The highest BCUT2D eigenvalue weighted by Gasteiger charge is 2.47. The van der Waals surface area contributed by atoms with Gasteiger partial charge in [-0.15, -0.1) is 6.58 Å². The van der Waals surface area contributed by atoms with Gasteiger partial charge in [0.05, 0.1) is 28.6 Å². The van der Waals surface area contributed by atoms with Crippen molar-refractivity contribution in [3.05, 3.63) is 12.7 Å². The van der Waals surface area contributed by atoms with Gasteiger partial charge in [-0.3, -0.25) is 19.2 Å². The molecule has 1 unspecified atom stereocenters. The van der Waals surface area contributed by atoms with Gasteiger partial charge in [0.15, 0.2) is 9.84 Å². The van der Waals surface area contributed by atoms with Crippen LogP contribution < -0.4 is 21.3 Å². The summed E-state index contributed by atoms with van der Waals surface area (Å²) in [4.78, 5) is 71.1. The number of amides is 4. The van der Waals surface area contributed by atoms with Crippen molar-refractivity contribution < 1.29 is 32.4 Å². The van der Waals surface area contributed by atoms with Crippen molar-refractivity contribution in [1.82, 2.24) is 26.2 Å². The summed E-state index contributed by atoms with van der Waals surface area (Å²) < 4.78 is 25.9. The largest absolute Gasteiger partial charge is 0.344 e. The molecule has 54 heavy (non-hydrogen) atoms. The van der Waals surface area contributed by atoms with Crippen molar-refractivity contribution in [2.75, 3.05) is 25.4 Å². The number of carbonyl (C=O) groups is 5. The fourth-order valence-corrected chi connectivity index (χ4v) is 10.5. The highest BCUT2D eigenvalue weighted by atomic mass is 32.2. The van der Waals surface area contributed by atoms with Crippen LogP contribution in [0, 0.1) is 23.7 Å². The van der Waals surface area contributed by atoms with E-state index in [2.05, 4.69) is 41.7 Å². The Morgan fingerprint density at radius 3 is 2.09 bits per heavy atom. The van der Waals surface area contributed by atoms with E-state index in [1.807, 2.05) is 0 Å². The molecule has 1 heterocycles. The van der Waals surface area contributed by atoms with Crippen LogP contribution in [0.25, 0.3) is 0 Å².